The van der Waals surface area contributed by atoms with Gasteiger partial charge in [0.05, 0.1) is 0 Å². The van der Waals surface area contributed by atoms with Gasteiger partial charge in [0.1, 0.15) is 0 Å². The average molecular weight is 157 g/mol. The van der Waals surface area contributed by atoms with E-state index >= 15 is 0 Å². The minimum Gasteiger partial charge on any atom is -0.483 e. The smallest absolute Gasteiger partial charge is 0.290 e. The molecule has 2 N–H and O–H groups in total. The lowest BCUT2D eigenvalue weighted by Gasteiger charge is -2.03. The van der Waals surface area contributed by atoms with Crippen molar-refractivity contribution in [2.45, 2.75) is 25.3 Å². The zero-order valence-corrected chi connectivity index (χ0v) is 6.62. The summed E-state index contributed by atoms with van der Waals surface area (Å²) in [4.78, 5) is 8.36. The Labute approximate surface area is 67.1 Å². The highest BCUT2D eigenvalue weighted by Gasteiger charge is 2.10. The van der Waals surface area contributed by atoms with Gasteiger partial charge >= 0.3 is 0 Å². The summed E-state index contributed by atoms with van der Waals surface area (Å²) in [6.07, 6.45) is 5.81. The summed E-state index contributed by atoms with van der Waals surface area (Å²) in [7, 11) is 0. The van der Waals surface area contributed by atoms with E-state index in [1.807, 2.05) is 6.08 Å². The second-order valence-corrected chi connectivity index (χ2v) is 2.42. The Bertz CT molecular complexity index is 109. The van der Waals surface area contributed by atoms with E-state index in [2.05, 4.69) is 11.9 Å². The van der Waals surface area contributed by atoms with Crippen LogP contribution in [0.15, 0.2) is 12.7 Å². The van der Waals surface area contributed by atoms with Gasteiger partial charge in [-0.05, 0) is 25.8 Å². The predicted octanol–water partition coefficient (Wildman–Crippen LogP) is 1.02. The van der Waals surface area contributed by atoms with E-state index in [1.54, 1.807) is 0 Å². The molecule has 0 radical (unpaired) electrons. The highest BCUT2D eigenvalue weighted by Crippen LogP contribution is 2.07. The first-order chi connectivity index (χ1) is 5.35. The van der Waals surface area contributed by atoms with E-state index in [9.17, 15) is 0 Å². The normalized spacial score (nSPS) is 21.6. The van der Waals surface area contributed by atoms with Gasteiger partial charge in [0.2, 0.25) is 0 Å². The Balaban J connectivity index is 0.000000292. The lowest BCUT2D eigenvalue weighted by Crippen LogP contribution is -2.19. The molecule has 0 bridgehead atoms. The van der Waals surface area contributed by atoms with Crippen molar-refractivity contribution in [3.63, 3.8) is 0 Å². The van der Waals surface area contributed by atoms with Gasteiger partial charge in [-0.1, -0.05) is 6.08 Å². The minimum absolute atomic E-state index is 0.250. The topological polar surface area (TPSA) is 49.3 Å². The maximum absolute atomic E-state index is 8.36. The summed E-state index contributed by atoms with van der Waals surface area (Å²) >= 11 is 0. The van der Waals surface area contributed by atoms with Crippen molar-refractivity contribution in [3.05, 3.63) is 12.7 Å². The monoisotopic (exact) mass is 157 g/mol. The van der Waals surface area contributed by atoms with Crippen molar-refractivity contribution >= 4 is 6.47 Å². The van der Waals surface area contributed by atoms with Gasteiger partial charge in [0, 0.05) is 6.04 Å². The summed E-state index contributed by atoms with van der Waals surface area (Å²) < 4.78 is 0. The van der Waals surface area contributed by atoms with Crippen LogP contribution >= 0.6 is 0 Å². The fraction of sp³-hybridized carbons (Fsp3) is 0.625. The van der Waals surface area contributed by atoms with E-state index < -0.39 is 0 Å². The first-order valence-electron chi connectivity index (χ1n) is 3.77. The molecule has 0 saturated carbocycles. The Hall–Kier alpha value is -0.830. The molecule has 0 amide bonds. The summed E-state index contributed by atoms with van der Waals surface area (Å²) in [5.74, 6) is 0. The Morgan fingerprint density at radius 2 is 2.36 bits per heavy atom. The molecule has 0 aromatic rings. The summed E-state index contributed by atoms with van der Waals surface area (Å²) in [6.45, 7) is 4.64. The third-order valence-corrected chi connectivity index (χ3v) is 1.61. The van der Waals surface area contributed by atoms with Crippen LogP contribution in [0.5, 0.6) is 0 Å². The van der Waals surface area contributed by atoms with Gasteiger partial charge in [-0.15, -0.1) is 6.58 Å². The van der Waals surface area contributed by atoms with Crippen LogP contribution in [-0.4, -0.2) is 24.2 Å². The number of carboxylic acid groups (broad SMARTS) is 1. The second kappa shape index (κ2) is 7.28. The molecular weight excluding hydrogens is 142 g/mol. The van der Waals surface area contributed by atoms with Gasteiger partial charge in [-0.25, -0.2) is 0 Å². The number of hydrogen-bond donors (Lipinski definition) is 2. The first-order valence-corrected chi connectivity index (χ1v) is 3.77. The van der Waals surface area contributed by atoms with Crippen LogP contribution in [0.1, 0.15) is 19.3 Å². The van der Waals surface area contributed by atoms with Crippen LogP contribution in [-0.2, 0) is 4.79 Å². The zero-order valence-electron chi connectivity index (χ0n) is 6.62. The first kappa shape index (κ1) is 10.2. The highest BCUT2D eigenvalue weighted by atomic mass is 16.3. The van der Waals surface area contributed by atoms with Crippen LogP contribution in [0.2, 0.25) is 0 Å². The van der Waals surface area contributed by atoms with Crippen LogP contribution < -0.4 is 5.32 Å². The Morgan fingerprint density at radius 1 is 1.73 bits per heavy atom. The van der Waals surface area contributed by atoms with Gasteiger partial charge in [0.15, 0.2) is 0 Å². The van der Waals surface area contributed by atoms with E-state index in [4.69, 9.17) is 9.90 Å². The molecule has 1 heterocycles. The molecule has 1 aliphatic heterocycles. The van der Waals surface area contributed by atoms with Crippen molar-refractivity contribution < 1.29 is 9.90 Å². The molecule has 1 saturated heterocycles. The van der Waals surface area contributed by atoms with Gasteiger partial charge in [-0.2, -0.15) is 0 Å². The van der Waals surface area contributed by atoms with E-state index in [0.717, 1.165) is 12.5 Å². The molecule has 3 nitrogen and oxygen atoms in total. The standard InChI is InChI=1S/C7H13N.CH2O2/c1-2-4-7-5-3-6-8-7;2-1-3/h2,7-8H,1,3-6H2;1H,(H,2,3). The molecule has 1 unspecified atom stereocenters. The van der Waals surface area contributed by atoms with Crippen LogP contribution in [0.25, 0.3) is 0 Å². The van der Waals surface area contributed by atoms with Crippen LogP contribution in [0, 0.1) is 0 Å². The van der Waals surface area contributed by atoms with Crippen molar-refractivity contribution in [1.82, 2.24) is 5.32 Å². The molecule has 0 aromatic carbocycles. The van der Waals surface area contributed by atoms with Crippen molar-refractivity contribution in [1.29, 1.82) is 0 Å². The average Bonchev–Trinajstić information content (AvgIpc) is 2.42. The Kier molecular flexibility index (Phi) is 6.73. The number of hydrogen-bond acceptors (Lipinski definition) is 2. The number of carbonyl (C=O) groups is 1. The largest absolute Gasteiger partial charge is 0.483 e. The second-order valence-electron chi connectivity index (χ2n) is 2.42. The van der Waals surface area contributed by atoms with E-state index in [0.29, 0.717) is 0 Å². The highest BCUT2D eigenvalue weighted by molar-refractivity contribution is 5.32. The fourth-order valence-corrected chi connectivity index (χ4v) is 1.16. The van der Waals surface area contributed by atoms with Gasteiger partial charge in [0.25, 0.3) is 6.47 Å². The van der Waals surface area contributed by atoms with Crippen LogP contribution in [0.3, 0.4) is 0 Å². The fourth-order valence-electron chi connectivity index (χ4n) is 1.16. The lowest BCUT2D eigenvalue weighted by atomic mass is 10.2. The molecule has 11 heavy (non-hydrogen) atoms. The molecule has 1 rings (SSSR count). The quantitative estimate of drug-likeness (QED) is 0.464. The van der Waals surface area contributed by atoms with Gasteiger partial charge < -0.3 is 10.4 Å². The summed E-state index contributed by atoms with van der Waals surface area (Å²) in [5, 5.41) is 10.3. The summed E-state index contributed by atoms with van der Waals surface area (Å²) in [5.41, 5.74) is 0. The number of nitrogens with one attached hydrogen (secondary N) is 1. The molecule has 1 fully saturated rings. The third kappa shape index (κ3) is 5.61. The maximum atomic E-state index is 8.36. The molecule has 64 valence electrons. The third-order valence-electron chi connectivity index (χ3n) is 1.61. The Morgan fingerprint density at radius 3 is 2.73 bits per heavy atom. The lowest BCUT2D eigenvalue weighted by molar-refractivity contribution is -0.122. The molecule has 0 aliphatic carbocycles. The van der Waals surface area contributed by atoms with Crippen molar-refractivity contribution in [2.24, 2.45) is 0 Å². The molecular formula is C8H15NO2. The van der Waals surface area contributed by atoms with Crippen LogP contribution in [0.4, 0.5) is 0 Å². The number of rotatable bonds is 2. The van der Waals surface area contributed by atoms with Gasteiger partial charge in [-0.3, -0.25) is 4.79 Å². The molecule has 0 spiro atoms. The SMILES string of the molecule is C=CCC1CCCN1.O=CO. The van der Waals surface area contributed by atoms with Crippen molar-refractivity contribution in [2.75, 3.05) is 6.54 Å². The summed E-state index contributed by atoms with van der Waals surface area (Å²) in [6, 6.07) is 0.743. The van der Waals surface area contributed by atoms with Crippen molar-refractivity contribution in [3.8, 4) is 0 Å². The zero-order chi connectivity index (χ0) is 8.53. The van der Waals surface area contributed by atoms with E-state index in [1.165, 1.54) is 19.4 Å². The van der Waals surface area contributed by atoms with E-state index in [-0.39, 0.29) is 6.47 Å². The molecule has 3 heteroatoms. The molecule has 0 aromatic heterocycles. The predicted molar refractivity (Wildman–Crippen MR) is 44.5 cm³/mol. The minimum atomic E-state index is -0.250. The molecule has 1 aliphatic rings. The molecule has 1 atom stereocenters. The maximum Gasteiger partial charge on any atom is 0.290 e.